The number of nitrogens with one attached hydrogen (secondary N) is 2. The van der Waals surface area contributed by atoms with Crippen LogP contribution in [0.1, 0.15) is 12.5 Å². The van der Waals surface area contributed by atoms with E-state index in [-0.39, 0.29) is 0 Å². The number of rotatable bonds is 5. The maximum Gasteiger partial charge on any atom is 0.325 e. The first kappa shape index (κ1) is 22.1. The average Bonchev–Trinajstić information content (AvgIpc) is 3.38. The first-order chi connectivity index (χ1) is 16.3. The van der Waals surface area contributed by atoms with Crippen molar-refractivity contribution in [1.29, 1.82) is 0 Å². The fourth-order valence-corrected chi connectivity index (χ4v) is 4.79. The van der Waals surface area contributed by atoms with E-state index in [4.69, 9.17) is 11.6 Å². The van der Waals surface area contributed by atoms with Gasteiger partial charge in [-0.05, 0) is 41.5 Å². The van der Waals surface area contributed by atoms with E-state index >= 15 is 0 Å². The number of thiazole rings is 1. The molecule has 3 aromatic carbocycles. The number of aromatic nitrogens is 1. The molecule has 0 aliphatic carbocycles. The maximum absolute atomic E-state index is 13.2. The number of urea groups is 1. The van der Waals surface area contributed by atoms with E-state index in [1.807, 2.05) is 60.0 Å². The van der Waals surface area contributed by atoms with Crippen LogP contribution in [0.4, 0.5) is 9.93 Å². The Labute approximate surface area is 204 Å². The minimum atomic E-state index is -1.26. The lowest BCUT2D eigenvalue weighted by Gasteiger charge is -2.22. The molecule has 1 fully saturated rings. The van der Waals surface area contributed by atoms with E-state index in [1.165, 1.54) is 11.3 Å². The standard InChI is InChI=1S/C25H19ClN4O3S/c1-25(18-9-6-15-4-2-3-5-17(15)12-18)22(32)30(24(33)29-25)13-21(31)28-23-27-20(14-34-23)16-7-10-19(26)11-8-16/h2-12,14H,13H2,1H3,(H,29,33)(H,27,28,31). The lowest BCUT2D eigenvalue weighted by Crippen LogP contribution is -2.42. The van der Waals surface area contributed by atoms with Gasteiger partial charge in [0.2, 0.25) is 5.91 Å². The fourth-order valence-electron chi connectivity index (χ4n) is 3.92. The van der Waals surface area contributed by atoms with Crippen LogP contribution >= 0.6 is 22.9 Å². The zero-order valence-electron chi connectivity index (χ0n) is 18.0. The van der Waals surface area contributed by atoms with Crippen LogP contribution in [0.5, 0.6) is 0 Å². The molecule has 1 saturated heterocycles. The zero-order chi connectivity index (χ0) is 23.9. The molecular weight excluding hydrogens is 472 g/mol. The lowest BCUT2D eigenvalue weighted by molar-refractivity contribution is -0.133. The van der Waals surface area contributed by atoms with Gasteiger partial charge in [0.1, 0.15) is 12.1 Å². The summed E-state index contributed by atoms with van der Waals surface area (Å²) in [4.78, 5) is 43.8. The lowest BCUT2D eigenvalue weighted by atomic mass is 9.90. The van der Waals surface area contributed by atoms with Crippen LogP contribution in [0.3, 0.4) is 0 Å². The van der Waals surface area contributed by atoms with Gasteiger partial charge < -0.3 is 10.6 Å². The second kappa shape index (κ2) is 8.55. The van der Waals surface area contributed by atoms with Crippen molar-refractivity contribution in [2.24, 2.45) is 0 Å². The first-order valence-corrected chi connectivity index (χ1v) is 11.7. The van der Waals surface area contributed by atoms with Crippen LogP contribution in [-0.4, -0.2) is 34.3 Å². The number of anilines is 1. The van der Waals surface area contributed by atoms with E-state index in [0.717, 1.165) is 21.2 Å². The number of benzene rings is 3. The van der Waals surface area contributed by atoms with Gasteiger partial charge in [0.25, 0.3) is 5.91 Å². The summed E-state index contributed by atoms with van der Waals surface area (Å²) < 4.78 is 0. The van der Waals surface area contributed by atoms with Crippen molar-refractivity contribution in [1.82, 2.24) is 15.2 Å². The van der Waals surface area contributed by atoms with Gasteiger partial charge in [0.05, 0.1) is 5.69 Å². The van der Waals surface area contributed by atoms with Crippen molar-refractivity contribution in [3.05, 3.63) is 82.7 Å². The third kappa shape index (κ3) is 4.02. The molecule has 0 bridgehead atoms. The Morgan fingerprint density at radius 3 is 2.59 bits per heavy atom. The molecule has 4 amide bonds. The first-order valence-electron chi connectivity index (χ1n) is 10.5. The molecule has 170 valence electrons. The molecule has 1 atom stereocenters. The predicted molar refractivity (Wildman–Crippen MR) is 133 cm³/mol. The second-order valence-electron chi connectivity index (χ2n) is 8.10. The van der Waals surface area contributed by atoms with Crippen LogP contribution in [0.2, 0.25) is 5.02 Å². The molecule has 0 spiro atoms. The molecule has 0 radical (unpaired) electrons. The molecule has 2 heterocycles. The van der Waals surface area contributed by atoms with E-state index in [2.05, 4.69) is 15.6 Å². The minimum Gasteiger partial charge on any atom is -0.319 e. The quantitative estimate of drug-likeness (QED) is 0.384. The third-order valence-electron chi connectivity index (χ3n) is 5.79. The van der Waals surface area contributed by atoms with E-state index in [9.17, 15) is 14.4 Å². The van der Waals surface area contributed by atoms with Gasteiger partial charge in [-0.1, -0.05) is 60.1 Å². The highest BCUT2D eigenvalue weighted by atomic mass is 35.5. The van der Waals surface area contributed by atoms with Gasteiger partial charge in [-0.25, -0.2) is 9.78 Å². The molecule has 1 unspecified atom stereocenters. The van der Waals surface area contributed by atoms with Crippen molar-refractivity contribution < 1.29 is 14.4 Å². The molecule has 1 aromatic heterocycles. The van der Waals surface area contributed by atoms with Crippen LogP contribution in [-0.2, 0) is 15.1 Å². The van der Waals surface area contributed by atoms with Gasteiger partial charge >= 0.3 is 6.03 Å². The molecule has 5 rings (SSSR count). The van der Waals surface area contributed by atoms with Gasteiger partial charge in [-0.2, -0.15) is 0 Å². The minimum absolute atomic E-state index is 0.374. The highest BCUT2D eigenvalue weighted by Gasteiger charge is 2.49. The molecule has 1 aliphatic rings. The Hall–Kier alpha value is -3.75. The number of hydrogen-bond acceptors (Lipinski definition) is 5. The Balaban J connectivity index is 1.30. The number of fused-ring (bicyclic) bond motifs is 1. The van der Waals surface area contributed by atoms with Crippen LogP contribution in [0.15, 0.2) is 72.1 Å². The van der Waals surface area contributed by atoms with Crippen molar-refractivity contribution in [3.63, 3.8) is 0 Å². The third-order valence-corrected chi connectivity index (χ3v) is 6.80. The Kier molecular flexibility index (Phi) is 5.55. The van der Waals surface area contributed by atoms with Crippen molar-refractivity contribution >= 4 is 56.7 Å². The number of nitrogens with zero attached hydrogens (tertiary/aromatic N) is 2. The summed E-state index contributed by atoms with van der Waals surface area (Å²) in [7, 11) is 0. The Morgan fingerprint density at radius 1 is 1.09 bits per heavy atom. The summed E-state index contributed by atoms with van der Waals surface area (Å²) in [5.41, 5.74) is 0.946. The topological polar surface area (TPSA) is 91.4 Å². The summed E-state index contributed by atoms with van der Waals surface area (Å²) in [6.45, 7) is 1.23. The SMILES string of the molecule is CC1(c2ccc3ccccc3c2)NC(=O)N(CC(=O)Nc2nc(-c3ccc(Cl)cc3)cs2)C1=O. The highest BCUT2D eigenvalue weighted by molar-refractivity contribution is 7.14. The second-order valence-corrected chi connectivity index (χ2v) is 9.40. The van der Waals surface area contributed by atoms with Crippen molar-refractivity contribution in [2.75, 3.05) is 11.9 Å². The Bertz CT molecular complexity index is 1440. The fraction of sp³-hybridized carbons (Fsp3) is 0.120. The number of hydrogen-bond donors (Lipinski definition) is 2. The molecular formula is C25H19ClN4O3S. The van der Waals surface area contributed by atoms with Crippen molar-refractivity contribution in [3.8, 4) is 11.3 Å². The molecule has 1 aliphatic heterocycles. The zero-order valence-corrected chi connectivity index (χ0v) is 19.6. The number of halogens is 1. The normalized spacial score (nSPS) is 17.8. The number of carbonyl (C=O) groups is 3. The number of carbonyl (C=O) groups excluding carboxylic acids is 3. The highest BCUT2D eigenvalue weighted by Crippen LogP contribution is 2.31. The number of imide groups is 1. The van der Waals surface area contributed by atoms with Crippen LogP contribution < -0.4 is 10.6 Å². The van der Waals surface area contributed by atoms with Crippen LogP contribution in [0, 0.1) is 0 Å². The molecule has 4 aromatic rings. The van der Waals surface area contributed by atoms with E-state index in [1.54, 1.807) is 19.1 Å². The van der Waals surface area contributed by atoms with Gasteiger partial charge in [-0.15, -0.1) is 11.3 Å². The maximum atomic E-state index is 13.2. The molecule has 34 heavy (non-hydrogen) atoms. The monoisotopic (exact) mass is 490 g/mol. The predicted octanol–water partition coefficient (Wildman–Crippen LogP) is 5.02. The molecule has 0 saturated carbocycles. The van der Waals surface area contributed by atoms with E-state index in [0.29, 0.717) is 21.4 Å². The summed E-state index contributed by atoms with van der Waals surface area (Å²) >= 11 is 7.18. The molecule has 9 heteroatoms. The Morgan fingerprint density at radius 2 is 1.82 bits per heavy atom. The summed E-state index contributed by atoms with van der Waals surface area (Å²) in [5.74, 6) is -0.993. The van der Waals surface area contributed by atoms with E-state index < -0.39 is 29.9 Å². The smallest absolute Gasteiger partial charge is 0.319 e. The molecule has 2 N–H and O–H groups in total. The summed E-state index contributed by atoms with van der Waals surface area (Å²) in [6, 6.07) is 20.0. The number of amides is 4. The van der Waals surface area contributed by atoms with Gasteiger partial charge in [0.15, 0.2) is 5.13 Å². The van der Waals surface area contributed by atoms with Gasteiger partial charge in [0, 0.05) is 16.0 Å². The molecule has 7 nitrogen and oxygen atoms in total. The summed E-state index contributed by atoms with van der Waals surface area (Å²) in [6.07, 6.45) is 0. The summed E-state index contributed by atoms with van der Waals surface area (Å²) in [5, 5.41) is 10.2. The van der Waals surface area contributed by atoms with Gasteiger partial charge in [-0.3, -0.25) is 14.5 Å². The largest absolute Gasteiger partial charge is 0.325 e. The van der Waals surface area contributed by atoms with Crippen LogP contribution in [0.25, 0.3) is 22.0 Å². The average molecular weight is 491 g/mol. The van der Waals surface area contributed by atoms with Crippen molar-refractivity contribution in [2.45, 2.75) is 12.5 Å².